The van der Waals surface area contributed by atoms with Crippen molar-refractivity contribution < 1.29 is 4.79 Å². The van der Waals surface area contributed by atoms with Gasteiger partial charge in [0.15, 0.2) is 5.69 Å². The number of aryl methyl sites for hydroxylation is 1. The molecule has 2 aromatic rings. The second kappa shape index (κ2) is 4.65. The van der Waals surface area contributed by atoms with Crippen molar-refractivity contribution in [2.45, 2.75) is 13.5 Å². The summed E-state index contributed by atoms with van der Waals surface area (Å²) >= 11 is 0. The maximum absolute atomic E-state index is 11.9. The molecule has 3 N–H and O–H groups in total. The predicted molar refractivity (Wildman–Crippen MR) is 64.5 cm³/mol. The summed E-state index contributed by atoms with van der Waals surface area (Å²) in [5.74, 6) is -0.319. The lowest BCUT2D eigenvalue weighted by atomic mass is 10.3. The van der Waals surface area contributed by atoms with Gasteiger partial charge in [0, 0.05) is 30.8 Å². The van der Waals surface area contributed by atoms with Gasteiger partial charge in [-0.25, -0.2) is 0 Å². The number of anilines is 2. The molecule has 88 valence electrons. The highest BCUT2D eigenvalue weighted by Crippen LogP contribution is 2.12. The Bertz CT molecular complexity index is 520. The third kappa shape index (κ3) is 2.41. The second-order valence-corrected chi connectivity index (χ2v) is 3.48. The number of nitrogens with one attached hydrogen (secondary N) is 1. The molecule has 0 aliphatic carbocycles. The minimum absolute atomic E-state index is 0.240. The highest BCUT2D eigenvalue weighted by Gasteiger charge is 2.14. The van der Waals surface area contributed by atoms with E-state index >= 15 is 0 Å². The Balaban J connectivity index is 2.17. The maximum atomic E-state index is 11.9. The molecule has 0 unspecified atom stereocenters. The summed E-state index contributed by atoms with van der Waals surface area (Å²) in [6, 6.07) is 3.40. The SMILES string of the molecule is CCn1cc(N)c(C(=O)Nc2ccncc2)n1. The van der Waals surface area contributed by atoms with Crippen LogP contribution in [0.5, 0.6) is 0 Å². The Morgan fingerprint density at radius 3 is 2.76 bits per heavy atom. The van der Waals surface area contributed by atoms with Crippen molar-refractivity contribution in [1.29, 1.82) is 0 Å². The summed E-state index contributed by atoms with van der Waals surface area (Å²) in [6.07, 6.45) is 4.84. The van der Waals surface area contributed by atoms with Crippen LogP contribution in [0.4, 0.5) is 11.4 Å². The summed E-state index contributed by atoms with van der Waals surface area (Å²) in [4.78, 5) is 15.7. The van der Waals surface area contributed by atoms with Crippen LogP contribution in [0.3, 0.4) is 0 Å². The molecule has 0 aromatic carbocycles. The van der Waals surface area contributed by atoms with Crippen molar-refractivity contribution in [1.82, 2.24) is 14.8 Å². The first-order chi connectivity index (χ1) is 8.20. The number of hydrogen-bond acceptors (Lipinski definition) is 4. The number of nitrogens with two attached hydrogens (primary N) is 1. The molecule has 0 spiro atoms. The van der Waals surface area contributed by atoms with Crippen LogP contribution in [0, 0.1) is 0 Å². The molecule has 0 atom stereocenters. The third-order valence-corrected chi connectivity index (χ3v) is 2.27. The maximum Gasteiger partial charge on any atom is 0.278 e. The first kappa shape index (κ1) is 11.1. The minimum Gasteiger partial charge on any atom is -0.396 e. The molecule has 2 heterocycles. The molecule has 0 saturated heterocycles. The van der Waals surface area contributed by atoms with Crippen LogP contribution in [0.15, 0.2) is 30.7 Å². The Morgan fingerprint density at radius 1 is 1.47 bits per heavy atom. The van der Waals surface area contributed by atoms with E-state index in [1.807, 2.05) is 6.92 Å². The van der Waals surface area contributed by atoms with Gasteiger partial charge in [-0.05, 0) is 19.1 Å². The molecule has 0 bridgehead atoms. The number of pyridine rings is 1. The van der Waals surface area contributed by atoms with Gasteiger partial charge in [0.25, 0.3) is 5.91 Å². The van der Waals surface area contributed by atoms with Crippen LogP contribution in [0.25, 0.3) is 0 Å². The molecule has 0 aliphatic heterocycles. The van der Waals surface area contributed by atoms with Crippen molar-refractivity contribution >= 4 is 17.3 Å². The molecular formula is C11H13N5O. The molecule has 0 aliphatic rings. The number of amides is 1. The topological polar surface area (TPSA) is 85.8 Å². The van der Waals surface area contributed by atoms with Crippen LogP contribution in [-0.4, -0.2) is 20.7 Å². The van der Waals surface area contributed by atoms with Gasteiger partial charge in [-0.15, -0.1) is 0 Å². The lowest BCUT2D eigenvalue weighted by Gasteiger charge is -2.02. The van der Waals surface area contributed by atoms with Crippen molar-refractivity contribution in [3.63, 3.8) is 0 Å². The first-order valence-corrected chi connectivity index (χ1v) is 5.25. The van der Waals surface area contributed by atoms with E-state index in [-0.39, 0.29) is 11.6 Å². The van der Waals surface area contributed by atoms with E-state index in [4.69, 9.17) is 5.73 Å². The fourth-order valence-corrected chi connectivity index (χ4v) is 1.40. The van der Waals surface area contributed by atoms with E-state index in [0.29, 0.717) is 17.9 Å². The van der Waals surface area contributed by atoms with Gasteiger partial charge in [-0.3, -0.25) is 14.5 Å². The van der Waals surface area contributed by atoms with E-state index in [1.165, 1.54) is 0 Å². The Hall–Kier alpha value is -2.37. The summed E-state index contributed by atoms with van der Waals surface area (Å²) in [6.45, 7) is 2.60. The van der Waals surface area contributed by atoms with Crippen molar-refractivity contribution in [3.05, 3.63) is 36.4 Å². The molecule has 6 heteroatoms. The summed E-state index contributed by atoms with van der Waals surface area (Å²) < 4.78 is 1.62. The smallest absolute Gasteiger partial charge is 0.278 e. The van der Waals surface area contributed by atoms with E-state index in [0.717, 1.165) is 0 Å². The second-order valence-electron chi connectivity index (χ2n) is 3.48. The van der Waals surface area contributed by atoms with E-state index in [1.54, 1.807) is 35.4 Å². The lowest BCUT2D eigenvalue weighted by Crippen LogP contribution is -2.14. The number of nitrogen functional groups attached to an aromatic ring is 1. The molecule has 0 radical (unpaired) electrons. The molecule has 2 rings (SSSR count). The summed E-state index contributed by atoms with van der Waals surface area (Å²) in [5, 5.41) is 6.79. The number of rotatable bonds is 3. The fraction of sp³-hybridized carbons (Fsp3) is 0.182. The van der Waals surface area contributed by atoms with Crippen LogP contribution < -0.4 is 11.1 Å². The highest BCUT2D eigenvalue weighted by molar-refractivity contribution is 6.06. The van der Waals surface area contributed by atoms with E-state index in [9.17, 15) is 4.79 Å². The van der Waals surface area contributed by atoms with Crippen LogP contribution in [-0.2, 0) is 6.54 Å². The van der Waals surface area contributed by atoms with Gasteiger partial charge >= 0.3 is 0 Å². The van der Waals surface area contributed by atoms with Gasteiger partial charge in [-0.1, -0.05) is 0 Å². The average molecular weight is 231 g/mol. The number of nitrogens with zero attached hydrogens (tertiary/aromatic N) is 3. The van der Waals surface area contributed by atoms with Gasteiger partial charge in [0.05, 0.1) is 5.69 Å². The molecular weight excluding hydrogens is 218 g/mol. The minimum atomic E-state index is -0.319. The largest absolute Gasteiger partial charge is 0.396 e. The van der Waals surface area contributed by atoms with Crippen molar-refractivity contribution in [3.8, 4) is 0 Å². The Labute approximate surface area is 98.5 Å². The van der Waals surface area contributed by atoms with Crippen molar-refractivity contribution in [2.75, 3.05) is 11.1 Å². The number of aromatic nitrogens is 3. The highest BCUT2D eigenvalue weighted by atomic mass is 16.2. The molecule has 1 amide bonds. The van der Waals surface area contributed by atoms with E-state index < -0.39 is 0 Å². The van der Waals surface area contributed by atoms with Crippen LogP contribution in [0.2, 0.25) is 0 Å². The number of hydrogen-bond donors (Lipinski definition) is 2. The monoisotopic (exact) mass is 231 g/mol. The quantitative estimate of drug-likeness (QED) is 0.829. The number of carbonyl (C=O) groups is 1. The predicted octanol–water partition coefficient (Wildman–Crippen LogP) is 1.13. The van der Waals surface area contributed by atoms with Crippen molar-refractivity contribution in [2.24, 2.45) is 0 Å². The zero-order chi connectivity index (χ0) is 12.3. The fourth-order valence-electron chi connectivity index (χ4n) is 1.40. The molecule has 6 nitrogen and oxygen atoms in total. The lowest BCUT2D eigenvalue weighted by molar-refractivity contribution is 0.102. The zero-order valence-electron chi connectivity index (χ0n) is 9.42. The number of carbonyl (C=O) groups excluding carboxylic acids is 1. The first-order valence-electron chi connectivity index (χ1n) is 5.25. The van der Waals surface area contributed by atoms with Gasteiger partial charge in [-0.2, -0.15) is 5.10 Å². The van der Waals surface area contributed by atoms with Gasteiger partial charge < -0.3 is 11.1 Å². The molecule has 0 fully saturated rings. The van der Waals surface area contributed by atoms with E-state index in [2.05, 4.69) is 15.4 Å². The normalized spacial score (nSPS) is 10.2. The Morgan fingerprint density at radius 2 is 2.18 bits per heavy atom. The zero-order valence-corrected chi connectivity index (χ0v) is 9.42. The average Bonchev–Trinajstić information content (AvgIpc) is 2.72. The third-order valence-electron chi connectivity index (χ3n) is 2.27. The van der Waals surface area contributed by atoms with Crippen LogP contribution >= 0.6 is 0 Å². The van der Waals surface area contributed by atoms with Crippen LogP contribution in [0.1, 0.15) is 17.4 Å². The molecule has 2 aromatic heterocycles. The van der Waals surface area contributed by atoms with Gasteiger partial charge in [0.2, 0.25) is 0 Å². The van der Waals surface area contributed by atoms with Gasteiger partial charge in [0.1, 0.15) is 0 Å². The standard InChI is InChI=1S/C11H13N5O/c1-2-16-7-9(12)10(15-16)11(17)14-8-3-5-13-6-4-8/h3-7H,2,12H2,1H3,(H,13,14,17). The summed E-state index contributed by atoms with van der Waals surface area (Å²) in [5.41, 5.74) is 6.99. The summed E-state index contributed by atoms with van der Waals surface area (Å²) in [7, 11) is 0. The molecule has 17 heavy (non-hydrogen) atoms. The Kier molecular flexibility index (Phi) is 3.04. The molecule has 0 saturated carbocycles.